The van der Waals surface area contributed by atoms with Crippen molar-refractivity contribution in [3.05, 3.63) is 108 Å². The molecular weight excluding hydrogens is 521 g/mol. The van der Waals surface area contributed by atoms with Crippen molar-refractivity contribution in [2.24, 2.45) is 5.41 Å². The van der Waals surface area contributed by atoms with E-state index in [1.54, 1.807) is 4.90 Å². The van der Waals surface area contributed by atoms with Gasteiger partial charge in [-0.25, -0.2) is 0 Å². The van der Waals surface area contributed by atoms with E-state index in [9.17, 15) is 14.7 Å². The van der Waals surface area contributed by atoms with E-state index in [4.69, 9.17) is 4.79 Å². The summed E-state index contributed by atoms with van der Waals surface area (Å²) in [5.74, 6) is -0.935. The van der Waals surface area contributed by atoms with E-state index in [0.29, 0.717) is 23.9 Å². The molecule has 0 radical (unpaired) electrons. The van der Waals surface area contributed by atoms with Crippen LogP contribution in [0.15, 0.2) is 96.6 Å². The molecule has 1 N–H and O–H groups in total. The molecule has 1 atom stereocenters. The van der Waals surface area contributed by atoms with Gasteiger partial charge in [-0.2, -0.15) is 0 Å². The van der Waals surface area contributed by atoms with Gasteiger partial charge in [-0.1, -0.05) is 0 Å². The summed E-state index contributed by atoms with van der Waals surface area (Å²) in [4.78, 5) is 36.6. The first-order chi connectivity index (χ1) is 17.4. The molecule has 0 saturated heterocycles. The molecule has 0 spiro atoms. The van der Waals surface area contributed by atoms with E-state index in [-0.39, 0.29) is 27.3 Å². The maximum absolute atomic E-state index is 13.9. The molecule has 1 aliphatic rings. The maximum atomic E-state index is 13.9. The van der Waals surface area contributed by atoms with Gasteiger partial charge in [0.2, 0.25) is 0 Å². The zero-order valence-electron chi connectivity index (χ0n) is 20.3. The molecule has 4 rings (SSSR count). The summed E-state index contributed by atoms with van der Waals surface area (Å²) in [6, 6.07) is 29.7. The molecule has 186 valence electrons. The first-order valence-corrected chi connectivity index (χ1v) is 13.5. The Morgan fingerprint density at radius 2 is 1.50 bits per heavy atom. The summed E-state index contributed by atoms with van der Waals surface area (Å²) in [6.07, 6.45) is -0.150. The van der Waals surface area contributed by atoms with E-state index in [0.717, 1.165) is 16.8 Å². The van der Waals surface area contributed by atoms with Crippen LogP contribution in [0.5, 0.6) is 0 Å². The Morgan fingerprint density at radius 3 is 2.03 bits per heavy atom. The van der Waals surface area contributed by atoms with E-state index in [1.165, 1.54) is 11.6 Å². The Labute approximate surface area is 217 Å². The second-order valence-corrected chi connectivity index (χ2v) is 10.6. The normalized spacial score (nSPS) is 16.8. The van der Waals surface area contributed by atoms with Crippen LogP contribution in [0.2, 0.25) is 5.32 Å². The molecule has 7 heteroatoms. The van der Waals surface area contributed by atoms with Crippen molar-refractivity contribution in [3.8, 4) is 0 Å². The average molecular weight is 551 g/mol. The molecule has 1 amide bonds. The van der Waals surface area contributed by atoms with Gasteiger partial charge in [0.05, 0.1) is 7.11 Å². The van der Waals surface area contributed by atoms with Gasteiger partial charge >= 0.3 is 195 Å². The molecule has 1 aliphatic heterocycles. The molecule has 0 aliphatic carbocycles. The van der Waals surface area contributed by atoms with Crippen LogP contribution in [-0.2, 0) is 25.7 Å². The molecule has 0 aromatic heterocycles. The summed E-state index contributed by atoms with van der Waals surface area (Å²) in [6.45, 7) is 2.72. The van der Waals surface area contributed by atoms with Crippen molar-refractivity contribution < 1.29 is 24.2 Å². The summed E-state index contributed by atoms with van der Waals surface area (Å²) in [5, 5.41) is 10.4. The van der Waals surface area contributed by atoms with Crippen molar-refractivity contribution in [3.63, 3.8) is 0 Å². The summed E-state index contributed by atoms with van der Waals surface area (Å²) < 4.78 is 5.06. The fourth-order valence-electron chi connectivity index (χ4n) is 4.12. The number of carbonyl (C=O) groups is 3. The molecule has 36 heavy (non-hydrogen) atoms. The maximum Gasteiger partial charge on any atom is 0.292 e. The number of hydrogen-bond acceptors (Lipinski definition) is 4. The molecule has 1 unspecified atom stereocenters. The molecule has 0 fully saturated rings. The van der Waals surface area contributed by atoms with Crippen LogP contribution in [0.1, 0.15) is 24.5 Å². The van der Waals surface area contributed by atoms with Gasteiger partial charge in [0.1, 0.15) is 0 Å². The quantitative estimate of drug-likeness (QED) is 0.320. The van der Waals surface area contributed by atoms with Gasteiger partial charge in [-0.05, 0) is 0 Å². The topological polar surface area (TPSA) is 83.9 Å². The van der Waals surface area contributed by atoms with Crippen molar-refractivity contribution in [2.45, 2.75) is 25.2 Å². The van der Waals surface area contributed by atoms with Crippen LogP contribution in [0.3, 0.4) is 0 Å². The molecule has 3 aromatic rings. The van der Waals surface area contributed by atoms with Crippen LogP contribution in [0.4, 0.5) is 0 Å². The molecule has 6 nitrogen and oxygen atoms in total. The monoisotopic (exact) mass is 551 g/mol. The van der Waals surface area contributed by atoms with E-state index in [2.05, 4.69) is 16.9 Å². The third-order valence-electron chi connectivity index (χ3n) is 5.86. The van der Waals surface area contributed by atoms with Gasteiger partial charge in [-0.3, -0.25) is 4.79 Å². The smallest absolute Gasteiger partial charge is 0.292 e. The van der Waals surface area contributed by atoms with Gasteiger partial charge in [0.25, 0.3) is 6.47 Å². The number of carbonyl (C=O) groups excluding carboxylic acids is 2. The molecule has 0 bridgehead atoms. The summed E-state index contributed by atoms with van der Waals surface area (Å²) in [7, 11) is 1.31. The number of ether oxygens (including phenoxy) is 1. The minimum absolute atomic E-state index is 0.0192. The molecule has 3 aromatic carbocycles. The van der Waals surface area contributed by atoms with Crippen molar-refractivity contribution in [1.29, 1.82) is 0 Å². The predicted molar refractivity (Wildman–Crippen MR) is 140 cm³/mol. The van der Waals surface area contributed by atoms with E-state index >= 15 is 0 Å². The first kappa shape index (κ1) is 26.9. The average Bonchev–Trinajstić information content (AvgIpc) is 3.10. The van der Waals surface area contributed by atoms with E-state index < -0.39 is 11.4 Å². The van der Waals surface area contributed by atoms with Gasteiger partial charge in [0.15, 0.2) is 0 Å². The number of methoxy groups -OCH3 is 1. The second-order valence-electron chi connectivity index (χ2n) is 8.41. The van der Waals surface area contributed by atoms with Gasteiger partial charge in [-0.15, -0.1) is 0 Å². The molecule has 1 heterocycles. The number of hydrogen-bond donors (Lipinski definition) is 1. The Morgan fingerprint density at radius 1 is 0.972 bits per heavy atom. The molecule has 0 saturated carbocycles. The Kier molecular flexibility index (Phi) is 9.62. The zero-order valence-corrected chi connectivity index (χ0v) is 22.0. The minimum atomic E-state index is -0.916. The molecular formula is C29H29NO5Se. The fraction of sp³-hybridized carbons (Fsp3) is 0.207. The zero-order chi connectivity index (χ0) is 26.0. The largest absolute Gasteiger partial charge is 0.471 e. The van der Waals surface area contributed by atoms with Crippen LogP contribution < -0.4 is 4.46 Å². The van der Waals surface area contributed by atoms with Crippen LogP contribution in [0, 0.1) is 5.41 Å². The Hall–Kier alpha value is -3.67. The third kappa shape index (κ3) is 6.51. The van der Waals surface area contributed by atoms with Gasteiger partial charge in [0, 0.05) is 0 Å². The number of aliphatic carboxylic acids is 1. The third-order valence-corrected chi connectivity index (χ3v) is 8.65. The predicted octanol–water partition coefficient (Wildman–Crippen LogP) is 4.16. The van der Waals surface area contributed by atoms with Crippen molar-refractivity contribution in [2.75, 3.05) is 7.11 Å². The Balaban J connectivity index is 0.000000840. The van der Waals surface area contributed by atoms with Crippen LogP contribution in [0.25, 0.3) is 5.70 Å². The van der Waals surface area contributed by atoms with E-state index in [1.807, 2.05) is 85.8 Å². The minimum Gasteiger partial charge on any atom is -0.471 e. The summed E-state index contributed by atoms with van der Waals surface area (Å²) in [5.41, 5.74) is 2.49. The van der Waals surface area contributed by atoms with Crippen LogP contribution in [-0.4, -0.2) is 50.4 Å². The van der Waals surface area contributed by atoms with Gasteiger partial charge < -0.3 is 4.74 Å². The SMILES string of the molecule is CC1(C[Se]c2ccccc2)C(=O)N(Cc2ccccc2)C(c2ccccc2)=C1CC(=O)O.COC=O. The first-order valence-electron chi connectivity index (χ1n) is 11.4. The summed E-state index contributed by atoms with van der Waals surface area (Å²) >= 11 is 0.0416. The Bertz CT molecular complexity index is 1200. The van der Waals surface area contributed by atoms with Crippen molar-refractivity contribution >= 4 is 43.5 Å². The number of carboxylic acid groups (broad SMARTS) is 1. The second kappa shape index (κ2) is 12.9. The number of nitrogens with zero attached hydrogens (tertiary/aromatic N) is 1. The number of carboxylic acids is 1. The fourth-order valence-corrected chi connectivity index (χ4v) is 6.43. The number of benzene rings is 3. The number of amides is 1. The standard InChI is InChI=1S/C27H25NO3Se.C2H4O2/c1-27(19-32-22-15-9-4-10-16-22)23(17-24(29)30)25(21-13-7-3-8-14-21)28(26(27)31)18-20-11-5-2-6-12-20;1-4-2-3/h2-16H,17-19H2,1H3,(H,29,30);2H,1H3. The number of rotatable bonds is 9. The van der Waals surface area contributed by atoms with Crippen LogP contribution >= 0.6 is 0 Å². The van der Waals surface area contributed by atoms with Crippen molar-refractivity contribution in [1.82, 2.24) is 4.90 Å².